The van der Waals surface area contributed by atoms with E-state index in [-0.39, 0.29) is 16.9 Å². The first-order chi connectivity index (χ1) is 15.6. The third-order valence-corrected chi connectivity index (χ3v) is 4.94. The normalized spacial score (nSPS) is 13.3. The van der Waals surface area contributed by atoms with Crippen molar-refractivity contribution in [2.45, 2.75) is 6.92 Å². The van der Waals surface area contributed by atoms with Gasteiger partial charge in [0.25, 0.3) is 11.8 Å². The minimum atomic E-state index is -0.381. The van der Waals surface area contributed by atoms with E-state index < -0.39 is 0 Å². The quantitative estimate of drug-likeness (QED) is 0.465. The average Bonchev–Trinajstić information content (AvgIpc) is 2.82. The molecule has 3 rings (SSSR count). The smallest absolute Gasteiger partial charge is 0.261 e. The van der Waals surface area contributed by atoms with Crippen LogP contribution in [0.5, 0.6) is 5.75 Å². The summed E-state index contributed by atoms with van der Waals surface area (Å²) < 4.78 is 16.2. The van der Waals surface area contributed by atoms with Crippen molar-refractivity contribution in [3.05, 3.63) is 59.7 Å². The van der Waals surface area contributed by atoms with Crippen molar-refractivity contribution >= 4 is 34.8 Å². The molecule has 2 amide bonds. The fourth-order valence-electron chi connectivity index (χ4n) is 3.11. The van der Waals surface area contributed by atoms with E-state index in [4.69, 9.17) is 26.4 Å². The van der Waals surface area contributed by atoms with Crippen molar-refractivity contribution in [1.82, 2.24) is 10.2 Å². The highest BCUT2D eigenvalue weighted by atomic mass is 32.1. The zero-order valence-corrected chi connectivity index (χ0v) is 18.8. The molecule has 2 N–H and O–H groups in total. The SMILES string of the molecule is CCOCCOc1ccccc1C(=O)NC(=S)Nc1ccc(C(=O)N2CCOCC2)cc1. The molecule has 32 heavy (non-hydrogen) atoms. The van der Waals surface area contributed by atoms with Crippen LogP contribution in [0.1, 0.15) is 27.6 Å². The van der Waals surface area contributed by atoms with E-state index in [1.165, 1.54) is 0 Å². The molecule has 1 saturated heterocycles. The number of morpholine rings is 1. The summed E-state index contributed by atoms with van der Waals surface area (Å²) >= 11 is 5.27. The number of nitrogens with zero attached hydrogens (tertiary/aromatic N) is 1. The summed E-state index contributed by atoms with van der Waals surface area (Å²) in [4.78, 5) is 27.0. The molecule has 0 aromatic heterocycles. The zero-order chi connectivity index (χ0) is 22.8. The van der Waals surface area contributed by atoms with E-state index in [2.05, 4.69) is 10.6 Å². The van der Waals surface area contributed by atoms with Crippen molar-refractivity contribution in [2.24, 2.45) is 0 Å². The predicted octanol–water partition coefficient (Wildman–Crippen LogP) is 2.70. The number of para-hydroxylation sites is 1. The molecule has 1 aliphatic heterocycles. The van der Waals surface area contributed by atoms with Gasteiger partial charge in [0.1, 0.15) is 12.4 Å². The highest BCUT2D eigenvalue weighted by molar-refractivity contribution is 7.80. The van der Waals surface area contributed by atoms with Gasteiger partial charge in [-0.1, -0.05) is 12.1 Å². The Kier molecular flexibility index (Phi) is 8.97. The Bertz CT molecular complexity index is 929. The maximum atomic E-state index is 12.7. The number of carbonyl (C=O) groups is 2. The monoisotopic (exact) mass is 457 g/mol. The van der Waals surface area contributed by atoms with Gasteiger partial charge in [0.15, 0.2) is 5.11 Å². The van der Waals surface area contributed by atoms with Crippen LogP contribution < -0.4 is 15.4 Å². The summed E-state index contributed by atoms with van der Waals surface area (Å²) in [6, 6.07) is 13.9. The average molecular weight is 458 g/mol. The van der Waals surface area contributed by atoms with Crippen molar-refractivity contribution in [3.8, 4) is 5.75 Å². The van der Waals surface area contributed by atoms with Crippen LogP contribution in [0.15, 0.2) is 48.5 Å². The Morgan fingerprint density at radius 1 is 1.06 bits per heavy atom. The Labute approximate surface area is 192 Å². The van der Waals surface area contributed by atoms with Crippen LogP contribution in [-0.2, 0) is 9.47 Å². The largest absolute Gasteiger partial charge is 0.490 e. The van der Waals surface area contributed by atoms with Crippen molar-refractivity contribution in [2.75, 3.05) is 51.4 Å². The third kappa shape index (κ3) is 6.74. The molecule has 2 aromatic rings. The number of hydrogen-bond acceptors (Lipinski definition) is 6. The number of nitrogens with one attached hydrogen (secondary N) is 2. The van der Waals surface area contributed by atoms with Gasteiger partial charge in [0.05, 0.1) is 25.4 Å². The molecule has 2 aromatic carbocycles. The molecule has 1 aliphatic rings. The number of hydrogen-bond donors (Lipinski definition) is 2. The van der Waals surface area contributed by atoms with Gasteiger partial charge in [-0.3, -0.25) is 14.9 Å². The molecule has 9 heteroatoms. The molecule has 0 saturated carbocycles. The van der Waals surface area contributed by atoms with Gasteiger partial charge in [-0.15, -0.1) is 0 Å². The first-order valence-corrected chi connectivity index (χ1v) is 10.9. The highest BCUT2D eigenvalue weighted by Crippen LogP contribution is 2.18. The number of amides is 2. The van der Waals surface area contributed by atoms with Gasteiger partial charge in [-0.25, -0.2) is 0 Å². The van der Waals surface area contributed by atoms with Crippen LogP contribution in [0, 0.1) is 0 Å². The Morgan fingerprint density at radius 2 is 1.78 bits per heavy atom. The van der Waals surface area contributed by atoms with Gasteiger partial charge in [0.2, 0.25) is 0 Å². The van der Waals surface area contributed by atoms with E-state index >= 15 is 0 Å². The summed E-state index contributed by atoms with van der Waals surface area (Å²) in [6.45, 7) is 5.59. The second-order valence-corrected chi connectivity index (χ2v) is 7.34. The van der Waals surface area contributed by atoms with Crippen LogP contribution in [0.3, 0.4) is 0 Å². The summed E-state index contributed by atoms with van der Waals surface area (Å²) in [6.07, 6.45) is 0. The minimum absolute atomic E-state index is 0.0309. The maximum absolute atomic E-state index is 12.7. The van der Waals surface area contributed by atoms with Gasteiger partial charge < -0.3 is 24.4 Å². The molecule has 0 bridgehead atoms. The van der Waals surface area contributed by atoms with E-state index in [1.807, 2.05) is 6.92 Å². The molecule has 1 heterocycles. The summed E-state index contributed by atoms with van der Waals surface area (Å²) in [5.41, 5.74) is 1.63. The molecule has 0 aliphatic carbocycles. The molecule has 0 unspecified atom stereocenters. The Morgan fingerprint density at radius 3 is 2.50 bits per heavy atom. The second-order valence-electron chi connectivity index (χ2n) is 6.93. The van der Waals surface area contributed by atoms with Gasteiger partial charge in [-0.2, -0.15) is 0 Å². The lowest BCUT2D eigenvalue weighted by Crippen LogP contribution is -2.40. The standard InChI is InChI=1S/C23H27N3O5S/c1-2-29-15-16-31-20-6-4-3-5-19(20)21(27)25-23(32)24-18-9-7-17(8-10-18)22(28)26-11-13-30-14-12-26/h3-10H,2,11-16H2,1H3,(H2,24,25,27,32). The lowest BCUT2D eigenvalue weighted by atomic mass is 10.1. The highest BCUT2D eigenvalue weighted by Gasteiger charge is 2.18. The first-order valence-electron chi connectivity index (χ1n) is 10.5. The molecule has 0 radical (unpaired) electrons. The number of carbonyl (C=O) groups excluding carboxylic acids is 2. The summed E-state index contributed by atoms with van der Waals surface area (Å²) in [5, 5.41) is 5.76. The molecule has 8 nitrogen and oxygen atoms in total. The van der Waals surface area contributed by atoms with Crippen molar-refractivity contribution < 1.29 is 23.8 Å². The van der Waals surface area contributed by atoms with E-state index in [1.54, 1.807) is 53.4 Å². The van der Waals surface area contributed by atoms with E-state index in [0.29, 0.717) is 68.7 Å². The Hall–Kier alpha value is -3.01. The van der Waals surface area contributed by atoms with Gasteiger partial charge in [-0.05, 0) is 55.5 Å². The first kappa shape index (κ1) is 23.6. The van der Waals surface area contributed by atoms with E-state index in [9.17, 15) is 9.59 Å². The summed E-state index contributed by atoms with van der Waals surface area (Å²) in [5.74, 6) is 0.0452. The fraction of sp³-hybridized carbons (Fsp3) is 0.348. The molecular weight excluding hydrogens is 430 g/mol. The zero-order valence-electron chi connectivity index (χ0n) is 18.0. The molecule has 0 atom stereocenters. The van der Waals surface area contributed by atoms with Gasteiger partial charge in [0, 0.05) is 30.9 Å². The number of benzene rings is 2. The Balaban J connectivity index is 1.54. The second kappa shape index (κ2) is 12.1. The van der Waals surface area contributed by atoms with E-state index in [0.717, 1.165) is 0 Å². The number of rotatable bonds is 8. The molecule has 170 valence electrons. The van der Waals surface area contributed by atoms with Crippen LogP contribution in [-0.4, -0.2) is 68.0 Å². The number of ether oxygens (including phenoxy) is 3. The molecule has 1 fully saturated rings. The number of thiocarbonyl (C=S) groups is 1. The van der Waals surface area contributed by atoms with Crippen LogP contribution >= 0.6 is 12.2 Å². The van der Waals surface area contributed by atoms with Gasteiger partial charge >= 0.3 is 0 Å². The lowest BCUT2D eigenvalue weighted by Gasteiger charge is -2.26. The van der Waals surface area contributed by atoms with Crippen LogP contribution in [0.2, 0.25) is 0 Å². The van der Waals surface area contributed by atoms with Crippen LogP contribution in [0.4, 0.5) is 5.69 Å². The number of anilines is 1. The lowest BCUT2D eigenvalue weighted by molar-refractivity contribution is 0.0303. The summed E-state index contributed by atoms with van der Waals surface area (Å²) in [7, 11) is 0. The van der Waals surface area contributed by atoms with Crippen molar-refractivity contribution in [1.29, 1.82) is 0 Å². The van der Waals surface area contributed by atoms with Crippen molar-refractivity contribution in [3.63, 3.8) is 0 Å². The molecular formula is C23H27N3O5S. The fourth-order valence-corrected chi connectivity index (χ4v) is 3.32. The minimum Gasteiger partial charge on any atom is -0.490 e. The molecule has 0 spiro atoms. The topological polar surface area (TPSA) is 89.1 Å². The maximum Gasteiger partial charge on any atom is 0.261 e. The third-order valence-electron chi connectivity index (χ3n) is 4.74. The predicted molar refractivity (Wildman–Crippen MR) is 125 cm³/mol. The van der Waals surface area contributed by atoms with Crippen LogP contribution in [0.25, 0.3) is 0 Å².